The van der Waals surface area contributed by atoms with Gasteiger partial charge in [0.2, 0.25) is 0 Å². The Balaban J connectivity index is 0.00000181. The number of fused-ring (bicyclic) bond motifs is 3. The molecule has 0 saturated heterocycles. The number of allylic oxidation sites excluding steroid dienone is 4. The van der Waals surface area contributed by atoms with Gasteiger partial charge in [0.25, 0.3) is 0 Å². The van der Waals surface area contributed by atoms with Crippen LogP contribution < -0.4 is 28.1 Å². The largest absolute Gasteiger partial charge is 1.00 e. The second-order valence-corrected chi connectivity index (χ2v) is 22.7. The van der Waals surface area contributed by atoms with Gasteiger partial charge >= 0.3 is 193 Å². The number of rotatable bonds is 3. The molecule has 4 rings (SSSR count). The van der Waals surface area contributed by atoms with E-state index in [-0.39, 0.29) is 35.6 Å². The molecular weight excluding hydrogens is 598 g/mol. The Bertz CT molecular complexity index is 1050. The van der Waals surface area contributed by atoms with Crippen molar-refractivity contribution in [1.82, 2.24) is 0 Å². The Morgan fingerprint density at radius 2 is 1.50 bits per heavy atom. The average molecular weight is 635 g/mol. The van der Waals surface area contributed by atoms with E-state index in [2.05, 4.69) is 104 Å². The fraction of sp³-hybridized carbons (Fsp3) is 0.448. The van der Waals surface area contributed by atoms with Gasteiger partial charge in [-0.15, -0.1) is 0 Å². The molecule has 0 aromatic heterocycles. The second-order valence-electron chi connectivity index (χ2n) is 11.5. The van der Waals surface area contributed by atoms with Crippen LogP contribution >= 0.6 is 0 Å². The van der Waals surface area contributed by atoms with E-state index in [4.69, 9.17) is 0 Å². The van der Waals surface area contributed by atoms with Gasteiger partial charge in [0.05, 0.1) is 0 Å². The first-order valence-corrected chi connectivity index (χ1v) is 17.2. The fourth-order valence-corrected chi connectivity index (χ4v) is 17.9. The summed E-state index contributed by atoms with van der Waals surface area (Å²) in [6, 6.07) is 12.2. The molecule has 2 aromatic carbocycles. The molecule has 0 atom stereocenters. The molecule has 3 heteroatoms. The Hall–Kier alpha value is -0.630. The molecule has 32 heavy (non-hydrogen) atoms. The molecule has 0 radical (unpaired) electrons. The molecule has 2 aliphatic carbocycles. The van der Waals surface area contributed by atoms with Crippen molar-refractivity contribution in [1.29, 1.82) is 0 Å². The van der Waals surface area contributed by atoms with Gasteiger partial charge in [-0.05, 0) is 0 Å². The summed E-state index contributed by atoms with van der Waals surface area (Å²) in [6.07, 6.45) is 9.44. The van der Waals surface area contributed by atoms with Gasteiger partial charge in [-0.3, -0.25) is 0 Å². The van der Waals surface area contributed by atoms with Crippen LogP contribution in [0.3, 0.4) is 0 Å². The zero-order valence-corrected chi connectivity index (χ0v) is 26.0. The van der Waals surface area contributed by atoms with Crippen molar-refractivity contribution in [3.63, 3.8) is 0 Å². The quantitative estimate of drug-likeness (QED) is 0.386. The minimum atomic E-state index is -2.22. The van der Waals surface area contributed by atoms with E-state index in [9.17, 15) is 0 Å². The zero-order valence-electron chi connectivity index (χ0n) is 20.9. The van der Waals surface area contributed by atoms with Gasteiger partial charge < -0.3 is 24.8 Å². The van der Waals surface area contributed by atoms with Crippen molar-refractivity contribution in [3.05, 3.63) is 74.1 Å². The average Bonchev–Trinajstić information content (AvgIpc) is 3.27. The van der Waals surface area contributed by atoms with Crippen molar-refractivity contribution < 1.29 is 46.3 Å². The predicted octanol–water partition coefficient (Wildman–Crippen LogP) is 1.78. The van der Waals surface area contributed by atoms with E-state index in [0.717, 1.165) is 10.1 Å². The molecule has 0 nitrogen and oxygen atoms in total. The normalized spacial score (nSPS) is 14.5. The van der Waals surface area contributed by atoms with Crippen molar-refractivity contribution in [2.75, 3.05) is 0 Å². The monoisotopic (exact) mass is 635 g/mol. The van der Waals surface area contributed by atoms with Gasteiger partial charge in [0.15, 0.2) is 0 Å². The maximum Gasteiger partial charge on any atom is -1.00 e. The van der Waals surface area contributed by atoms with Crippen molar-refractivity contribution in [2.45, 2.75) is 82.7 Å². The van der Waals surface area contributed by atoms with Crippen LogP contribution in [0.1, 0.15) is 84.1 Å². The minimum Gasteiger partial charge on any atom is -1.00 e. The number of benzene rings is 2. The topological polar surface area (TPSA) is 0 Å². The summed E-state index contributed by atoms with van der Waals surface area (Å²) in [5, 5.41) is 0. The number of hydrogen-bond donors (Lipinski definition) is 0. The van der Waals surface area contributed by atoms with Crippen LogP contribution in [0.5, 0.6) is 0 Å². The van der Waals surface area contributed by atoms with Crippen molar-refractivity contribution >= 4 is 3.32 Å². The Kier molecular flexibility index (Phi) is 8.57. The first-order chi connectivity index (χ1) is 14.0. The van der Waals surface area contributed by atoms with Crippen LogP contribution in [-0.2, 0) is 38.7 Å². The van der Waals surface area contributed by atoms with E-state index in [1.165, 1.54) is 28.7 Å². The van der Waals surface area contributed by atoms with E-state index in [1.54, 1.807) is 14.5 Å². The van der Waals surface area contributed by atoms with Gasteiger partial charge in [0, 0.05) is 0 Å². The second kappa shape index (κ2) is 9.93. The maximum absolute atomic E-state index is 2.49. The smallest absolute Gasteiger partial charge is 1.00 e. The summed E-state index contributed by atoms with van der Waals surface area (Å²) in [6.45, 7) is 19.2. The fourth-order valence-electron chi connectivity index (χ4n) is 5.14. The Labute approximate surface area is 216 Å². The van der Waals surface area contributed by atoms with Gasteiger partial charge in [-0.2, -0.15) is 0 Å². The molecule has 0 aliphatic heterocycles. The van der Waals surface area contributed by atoms with Gasteiger partial charge in [0.1, 0.15) is 0 Å². The minimum absolute atomic E-state index is 0. The van der Waals surface area contributed by atoms with E-state index in [0.29, 0.717) is 0 Å². The Morgan fingerprint density at radius 1 is 0.844 bits per heavy atom. The molecule has 0 N–H and O–H groups in total. The molecule has 2 aliphatic rings. The molecule has 0 unspecified atom stereocenters. The molecule has 0 bridgehead atoms. The third-order valence-corrected chi connectivity index (χ3v) is 18.7. The number of hydrogen-bond acceptors (Lipinski definition) is 0. The summed E-state index contributed by atoms with van der Waals surface area (Å²) < 4.78 is 4.41. The van der Waals surface area contributed by atoms with Crippen molar-refractivity contribution in [2.24, 2.45) is 0 Å². The molecule has 171 valence electrons. The summed E-state index contributed by atoms with van der Waals surface area (Å²) >= 11 is -2.22. The SMILES string of the molecule is C[CH](C)[Hf+2]([C]1=CC=CC1)[c]1c(C(C)(C)C)ccc2c1Cc1cc(C(C)(C)C)ccc1-2.[Cl-].[Cl-]. The van der Waals surface area contributed by atoms with Crippen LogP contribution in [-0.4, -0.2) is 0 Å². The third kappa shape index (κ3) is 5.06. The maximum atomic E-state index is 2.49. The summed E-state index contributed by atoms with van der Waals surface area (Å²) in [7, 11) is 0. The van der Waals surface area contributed by atoms with Crippen LogP contribution in [0.15, 0.2) is 51.9 Å². The molecule has 2 aromatic rings. The first-order valence-electron chi connectivity index (χ1n) is 11.5. The molecular formula is C29H37Cl2Hf. The van der Waals surface area contributed by atoms with Crippen molar-refractivity contribution in [3.8, 4) is 11.1 Å². The van der Waals surface area contributed by atoms with Gasteiger partial charge in [-0.25, -0.2) is 0 Å². The van der Waals surface area contributed by atoms with Crippen LogP contribution in [0.4, 0.5) is 0 Å². The molecule has 0 amide bonds. The van der Waals surface area contributed by atoms with E-state index < -0.39 is 21.4 Å². The summed E-state index contributed by atoms with van der Waals surface area (Å²) in [5.74, 6) is 0. The van der Waals surface area contributed by atoms with Crippen LogP contribution in [0.2, 0.25) is 3.67 Å². The molecule has 0 fully saturated rings. The van der Waals surface area contributed by atoms with E-state index in [1.807, 2.05) is 3.32 Å². The van der Waals surface area contributed by atoms with Gasteiger partial charge in [-0.1, -0.05) is 0 Å². The predicted molar refractivity (Wildman–Crippen MR) is 129 cm³/mol. The standard InChI is InChI=1S/C21H25.C5H5.C3H7.2ClH.Hf/c1-20(2,3)16-7-9-18-14(12-16)11-15-13-17(21(4,5)6)8-10-19(15)18;1-2-4-5-3-1;1-3-2;;;/h7-10,12H,11H2,1-6H3;1-3H,4H2;3H,1-2H3;2*1H;/q;;;;;+2/p-2. The molecule has 0 saturated carbocycles. The zero-order chi connectivity index (χ0) is 21.8. The van der Waals surface area contributed by atoms with E-state index >= 15 is 0 Å². The van der Waals surface area contributed by atoms with Crippen LogP contribution in [0.25, 0.3) is 11.1 Å². The molecule has 0 spiro atoms. The number of halogens is 2. The van der Waals surface area contributed by atoms with Crippen LogP contribution in [0, 0.1) is 0 Å². The Morgan fingerprint density at radius 3 is 2.03 bits per heavy atom. The molecule has 0 heterocycles. The first kappa shape index (κ1) is 27.6. The summed E-state index contributed by atoms with van der Waals surface area (Å²) in [4.78, 5) is 0. The summed E-state index contributed by atoms with van der Waals surface area (Å²) in [5.41, 5.74) is 9.67. The third-order valence-electron chi connectivity index (χ3n) is 6.71.